The molecule has 0 saturated carbocycles. The molecule has 0 amide bonds. The first-order chi connectivity index (χ1) is 13.1. The van der Waals surface area contributed by atoms with Crippen molar-refractivity contribution in [1.29, 1.82) is 0 Å². The van der Waals surface area contributed by atoms with Crippen molar-refractivity contribution in [1.82, 2.24) is 15.2 Å². The van der Waals surface area contributed by atoms with Crippen molar-refractivity contribution in [3.05, 3.63) is 48.2 Å². The second-order valence-corrected chi connectivity index (χ2v) is 5.69. The summed E-state index contributed by atoms with van der Waals surface area (Å²) in [4.78, 5) is 4.45. The number of hydrogen-bond acceptors (Lipinski definition) is 8. The molecule has 0 aliphatic rings. The summed E-state index contributed by atoms with van der Waals surface area (Å²) in [6.07, 6.45) is 1.53. The summed E-state index contributed by atoms with van der Waals surface area (Å²) in [5, 5.41) is 14.3. The van der Waals surface area contributed by atoms with Gasteiger partial charge in [0, 0.05) is 6.07 Å². The summed E-state index contributed by atoms with van der Waals surface area (Å²) in [6.45, 7) is 2.00. The minimum Gasteiger partial charge on any atom is -0.497 e. The van der Waals surface area contributed by atoms with Crippen LogP contribution < -0.4 is 24.8 Å². The minimum absolute atomic E-state index is 0.339. The van der Waals surface area contributed by atoms with Crippen LogP contribution in [0.3, 0.4) is 0 Å². The first kappa shape index (κ1) is 18.2. The molecule has 8 heteroatoms. The molecular formula is C19H21N5O3. The monoisotopic (exact) mass is 367 g/mol. The third-order valence-electron chi connectivity index (χ3n) is 3.83. The fourth-order valence-corrected chi connectivity index (χ4v) is 2.51. The van der Waals surface area contributed by atoms with Crippen molar-refractivity contribution in [2.24, 2.45) is 0 Å². The molecule has 27 heavy (non-hydrogen) atoms. The number of rotatable bonds is 7. The normalized spacial score (nSPS) is 10.2. The van der Waals surface area contributed by atoms with Gasteiger partial charge in [-0.15, -0.1) is 5.10 Å². The van der Waals surface area contributed by atoms with Crippen molar-refractivity contribution in [2.45, 2.75) is 6.92 Å². The molecule has 0 unspecified atom stereocenters. The summed E-state index contributed by atoms with van der Waals surface area (Å²) < 4.78 is 16.0. The average Bonchev–Trinajstić information content (AvgIpc) is 2.68. The van der Waals surface area contributed by atoms with E-state index in [0.29, 0.717) is 34.7 Å². The van der Waals surface area contributed by atoms with Crippen molar-refractivity contribution in [3.63, 3.8) is 0 Å². The molecule has 2 aromatic carbocycles. The molecule has 2 N–H and O–H groups in total. The smallest absolute Gasteiger partial charge is 0.249 e. The Labute approximate surface area is 157 Å². The second kappa shape index (κ2) is 8.22. The predicted octanol–water partition coefficient (Wildman–Crippen LogP) is 3.69. The highest BCUT2D eigenvalue weighted by Gasteiger charge is 2.09. The van der Waals surface area contributed by atoms with Gasteiger partial charge in [0.2, 0.25) is 5.95 Å². The Morgan fingerprint density at radius 3 is 2.22 bits per heavy atom. The van der Waals surface area contributed by atoms with E-state index in [2.05, 4.69) is 25.8 Å². The Balaban J connectivity index is 1.86. The molecule has 0 radical (unpaired) electrons. The fraction of sp³-hybridized carbons (Fsp3) is 0.211. The van der Waals surface area contributed by atoms with Gasteiger partial charge in [-0.25, -0.2) is 0 Å². The molecule has 0 saturated heterocycles. The highest BCUT2D eigenvalue weighted by molar-refractivity contribution is 5.68. The van der Waals surface area contributed by atoms with Crippen LogP contribution in [0.15, 0.2) is 42.6 Å². The number of hydrogen-bond donors (Lipinski definition) is 2. The van der Waals surface area contributed by atoms with Gasteiger partial charge in [0.15, 0.2) is 5.82 Å². The van der Waals surface area contributed by atoms with Crippen LogP contribution in [-0.4, -0.2) is 36.5 Å². The molecule has 3 aromatic rings. The summed E-state index contributed by atoms with van der Waals surface area (Å²) in [6, 6.07) is 11.3. The van der Waals surface area contributed by atoms with E-state index in [1.807, 2.05) is 43.3 Å². The van der Waals surface area contributed by atoms with Crippen molar-refractivity contribution >= 4 is 23.1 Å². The van der Waals surface area contributed by atoms with Crippen molar-refractivity contribution in [2.75, 3.05) is 32.0 Å². The number of aryl methyl sites for hydroxylation is 1. The van der Waals surface area contributed by atoms with Gasteiger partial charge in [0.25, 0.3) is 0 Å². The molecule has 0 spiro atoms. The van der Waals surface area contributed by atoms with E-state index >= 15 is 0 Å². The van der Waals surface area contributed by atoms with Gasteiger partial charge in [-0.3, -0.25) is 0 Å². The zero-order valence-electron chi connectivity index (χ0n) is 15.6. The molecule has 8 nitrogen and oxygen atoms in total. The number of nitrogens with one attached hydrogen (secondary N) is 2. The lowest BCUT2D eigenvalue weighted by Crippen LogP contribution is -2.04. The molecule has 0 aliphatic heterocycles. The SMILES string of the molecule is COc1ccc(OC)c(Nc2cnnc(Nc3cc(C)ccc3OC)n2)c1. The Bertz CT molecular complexity index is 933. The van der Waals surface area contributed by atoms with Crippen LogP contribution in [0, 0.1) is 6.92 Å². The van der Waals surface area contributed by atoms with Crippen molar-refractivity contribution < 1.29 is 14.2 Å². The summed E-state index contributed by atoms with van der Waals surface area (Å²) in [5.41, 5.74) is 2.55. The van der Waals surface area contributed by atoms with E-state index in [1.165, 1.54) is 6.20 Å². The molecule has 140 valence electrons. The number of anilines is 4. The number of aromatic nitrogens is 3. The largest absolute Gasteiger partial charge is 0.497 e. The van der Waals surface area contributed by atoms with Gasteiger partial charge in [-0.1, -0.05) is 6.07 Å². The maximum atomic E-state index is 5.37. The highest BCUT2D eigenvalue weighted by atomic mass is 16.5. The van der Waals surface area contributed by atoms with Crippen LogP contribution in [0.4, 0.5) is 23.1 Å². The first-order valence-corrected chi connectivity index (χ1v) is 8.23. The third-order valence-corrected chi connectivity index (χ3v) is 3.83. The van der Waals surface area contributed by atoms with Gasteiger partial charge in [0.1, 0.15) is 17.2 Å². The quantitative estimate of drug-likeness (QED) is 0.653. The molecular weight excluding hydrogens is 346 g/mol. The van der Waals surface area contributed by atoms with Gasteiger partial charge in [0.05, 0.1) is 38.9 Å². The lowest BCUT2D eigenvalue weighted by atomic mass is 10.2. The highest BCUT2D eigenvalue weighted by Crippen LogP contribution is 2.31. The Morgan fingerprint density at radius 2 is 1.52 bits per heavy atom. The average molecular weight is 367 g/mol. The molecule has 3 rings (SSSR count). The zero-order valence-corrected chi connectivity index (χ0v) is 15.6. The maximum Gasteiger partial charge on any atom is 0.249 e. The molecule has 0 bridgehead atoms. The number of methoxy groups -OCH3 is 3. The molecule has 0 aliphatic carbocycles. The first-order valence-electron chi connectivity index (χ1n) is 8.23. The van der Waals surface area contributed by atoms with Gasteiger partial charge in [-0.05, 0) is 36.8 Å². The lowest BCUT2D eigenvalue weighted by Gasteiger charge is -2.13. The Hall–Kier alpha value is -3.55. The summed E-state index contributed by atoms with van der Waals surface area (Å²) in [5.74, 6) is 2.89. The van der Waals surface area contributed by atoms with Crippen LogP contribution >= 0.6 is 0 Å². The van der Waals surface area contributed by atoms with Crippen LogP contribution in [0.5, 0.6) is 17.2 Å². The van der Waals surface area contributed by atoms with E-state index in [4.69, 9.17) is 14.2 Å². The van der Waals surface area contributed by atoms with Gasteiger partial charge >= 0.3 is 0 Å². The predicted molar refractivity (Wildman–Crippen MR) is 104 cm³/mol. The molecule has 1 heterocycles. The third kappa shape index (κ3) is 4.35. The Kier molecular flexibility index (Phi) is 5.55. The van der Waals surface area contributed by atoms with Gasteiger partial charge < -0.3 is 24.8 Å². The summed E-state index contributed by atoms with van der Waals surface area (Å²) >= 11 is 0. The van der Waals surface area contributed by atoms with Crippen LogP contribution in [-0.2, 0) is 0 Å². The molecule has 0 atom stereocenters. The summed E-state index contributed by atoms with van der Waals surface area (Å²) in [7, 11) is 4.82. The number of benzene rings is 2. The minimum atomic E-state index is 0.339. The van der Waals surface area contributed by atoms with Gasteiger partial charge in [-0.2, -0.15) is 10.1 Å². The van der Waals surface area contributed by atoms with E-state index in [0.717, 1.165) is 11.3 Å². The van der Waals surface area contributed by atoms with E-state index in [9.17, 15) is 0 Å². The number of ether oxygens (including phenoxy) is 3. The standard InChI is InChI=1S/C19H21N5O3/c1-12-5-7-16(26-3)14(9-12)22-19-23-18(11-20-24-19)21-15-10-13(25-2)6-8-17(15)27-4/h5-11H,1-4H3,(H2,21,22,23,24). The van der Waals surface area contributed by atoms with Crippen LogP contribution in [0.1, 0.15) is 5.56 Å². The second-order valence-electron chi connectivity index (χ2n) is 5.69. The number of nitrogens with zero attached hydrogens (tertiary/aromatic N) is 3. The molecule has 1 aromatic heterocycles. The zero-order chi connectivity index (χ0) is 19.2. The fourth-order valence-electron chi connectivity index (χ4n) is 2.51. The van der Waals surface area contributed by atoms with E-state index in [1.54, 1.807) is 21.3 Å². The lowest BCUT2D eigenvalue weighted by molar-refractivity contribution is 0.405. The van der Waals surface area contributed by atoms with E-state index < -0.39 is 0 Å². The molecule has 0 fully saturated rings. The van der Waals surface area contributed by atoms with Crippen LogP contribution in [0.2, 0.25) is 0 Å². The maximum absolute atomic E-state index is 5.37. The Morgan fingerprint density at radius 1 is 0.815 bits per heavy atom. The van der Waals surface area contributed by atoms with Crippen molar-refractivity contribution in [3.8, 4) is 17.2 Å². The van der Waals surface area contributed by atoms with E-state index in [-0.39, 0.29) is 0 Å². The topological polar surface area (TPSA) is 90.4 Å². The van der Waals surface area contributed by atoms with Crippen LogP contribution in [0.25, 0.3) is 0 Å².